The molecular formula is C20H23NO6. The van der Waals surface area contributed by atoms with E-state index in [0.717, 1.165) is 0 Å². The molecule has 1 aliphatic heterocycles. The predicted octanol–water partition coefficient (Wildman–Crippen LogP) is 2.89. The number of carbonyl (C=O) groups is 4. The van der Waals surface area contributed by atoms with E-state index in [1.807, 2.05) is 0 Å². The summed E-state index contributed by atoms with van der Waals surface area (Å²) in [5.41, 5.74) is -0.166. The van der Waals surface area contributed by atoms with Gasteiger partial charge >= 0.3 is 11.9 Å². The zero-order valence-corrected chi connectivity index (χ0v) is 15.7. The van der Waals surface area contributed by atoms with Crippen LogP contribution in [0.1, 0.15) is 67.2 Å². The Morgan fingerprint density at radius 1 is 0.963 bits per heavy atom. The lowest BCUT2D eigenvalue weighted by atomic mass is 9.81. The van der Waals surface area contributed by atoms with E-state index in [2.05, 4.69) is 0 Å². The Kier molecular flexibility index (Phi) is 5.04. The van der Waals surface area contributed by atoms with Crippen LogP contribution in [0.3, 0.4) is 0 Å². The van der Waals surface area contributed by atoms with Crippen LogP contribution in [0, 0.1) is 11.8 Å². The maximum Gasteiger partial charge on any atom is 0.336 e. The molecule has 0 N–H and O–H groups in total. The van der Waals surface area contributed by atoms with Crippen LogP contribution < -0.4 is 0 Å². The van der Waals surface area contributed by atoms with Gasteiger partial charge in [0.2, 0.25) is 0 Å². The number of esters is 1. The van der Waals surface area contributed by atoms with E-state index >= 15 is 0 Å². The summed E-state index contributed by atoms with van der Waals surface area (Å²) < 4.78 is 5.41. The molecular weight excluding hydrogens is 350 g/mol. The molecule has 1 heterocycles. The van der Waals surface area contributed by atoms with E-state index in [-0.39, 0.29) is 23.5 Å². The third-order valence-electron chi connectivity index (χ3n) is 4.69. The highest BCUT2D eigenvalue weighted by Crippen LogP contribution is 2.33. The summed E-state index contributed by atoms with van der Waals surface area (Å²) in [5, 5.41) is 0.518. The number of hydroxylamine groups is 2. The number of carbonyl (C=O) groups excluding carboxylic acids is 4. The van der Waals surface area contributed by atoms with Gasteiger partial charge in [-0.2, -0.15) is 0 Å². The molecule has 2 aliphatic rings. The number of rotatable bonds is 3. The summed E-state index contributed by atoms with van der Waals surface area (Å²) in [5.74, 6) is -3.25. The van der Waals surface area contributed by atoms with Crippen molar-refractivity contribution in [3.05, 3.63) is 35.4 Å². The number of imide groups is 1. The Balaban J connectivity index is 1.64. The molecule has 7 nitrogen and oxygen atoms in total. The van der Waals surface area contributed by atoms with Gasteiger partial charge in [-0.05, 0) is 52.2 Å². The Labute approximate surface area is 157 Å². The number of fused-ring (bicyclic) bond motifs is 1. The fourth-order valence-electron chi connectivity index (χ4n) is 3.42. The van der Waals surface area contributed by atoms with Crippen LogP contribution in [0.2, 0.25) is 0 Å². The van der Waals surface area contributed by atoms with Gasteiger partial charge in [-0.1, -0.05) is 23.6 Å². The summed E-state index contributed by atoms with van der Waals surface area (Å²) in [4.78, 5) is 54.6. The molecule has 3 rings (SSSR count). The van der Waals surface area contributed by atoms with Crippen LogP contribution in [-0.2, 0) is 19.2 Å². The molecule has 2 amide bonds. The molecule has 1 aromatic rings. The van der Waals surface area contributed by atoms with Gasteiger partial charge in [0.1, 0.15) is 5.60 Å². The first-order valence-corrected chi connectivity index (χ1v) is 9.10. The van der Waals surface area contributed by atoms with Crippen molar-refractivity contribution in [2.24, 2.45) is 11.8 Å². The molecule has 1 saturated carbocycles. The minimum Gasteiger partial charge on any atom is -0.460 e. The zero-order chi connectivity index (χ0) is 19.8. The molecule has 0 radical (unpaired) electrons. The third-order valence-corrected chi connectivity index (χ3v) is 4.69. The highest BCUT2D eigenvalue weighted by atomic mass is 16.7. The first-order valence-electron chi connectivity index (χ1n) is 9.10. The summed E-state index contributed by atoms with van der Waals surface area (Å²) in [7, 11) is 0. The van der Waals surface area contributed by atoms with Gasteiger partial charge in [-0.3, -0.25) is 14.4 Å². The van der Waals surface area contributed by atoms with E-state index in [1.165, 1.54) is 12.1 Å². The van der Waals surface area contributed by atoms with Crippen LogP contribution in [0.5, 0.6) is 0 Å². The van der Waals surface area contributed by atoms with Crippen LogP contribution in [-0.4, -0.2) is 34.4 Å². The highest BCUT2D eigenvalue weighted by Gasteiger charge is 2.41. The van der Waals surface area contributed by atoms with E-state index < -0.39 is 35.2 Å². The number of hydrogen-bond donors (Lipinski definition) is 0. The molecule has 0 saturated heterocycles. The van der Waals surface area contributed by atoms with Crippen LogP contribution in [0.4, 0.5) is 0 Å². The van der Waals surface area contributed by atoms with E-state index in [0.29, 0.717) is 24.3 Å². The predicted molar refractivity (Wildman–Crippen MR) is 94.3 cm³/mol. The molecule has 1 fully saturated rings. The summed E-state index contributed by atoms with van der Waals surface area (Å²) in [6, 6.07) is 6.31. The fourth-order valence-corrected chi connectivity index (χ4v) is 3.42. The second kappa shape index (κ2) is 7.13. The molecule has 2 atom stereocenters. The van der Waals surface area contributed by atoms with Crippen molar-refractivity contribution in [1.29, 1.82) is 0 Å². The molecule has 7 heteroatoms. The fraction of sp³-hybridized carbons (Fsp3) is 0.500. The normalized spacial score (nSPS) is 22.4. The molecule has 0 bridgehead atoms. The Morgan fingerprint density at radius 3 is 2.00 bits per heavy atom. The van der Waals surface area contributed by atoms with Crippen LogP contribution in [0.15, 0.2) is 24.3 Å². The van der Waals surface area contributed by atoms with Crippen LogP contribution in [0.25, 0.3) is 0 Å². The van der Waals surface area contributed by atoms with Crippen molar-refractivity contribution in [3.8, 4) is 0 Å². The van der Waals surface area contributed by atoms with Gasteiger partial charge in [0.25, 0.3) is 11.8 Å². The smallest absolute Gasteiger partial charge is 0.336 e. The van der Waals surface area contributed by atoms with E-state index in [9.17, 15) is 19.2 Å². The van der Waals surface area contributed by atoms with Gasteiger partial charge in [-0.25, -0.2) is 4.79 Å². The Morgan fingerprint density at radius 2 is 1.48 bits per heavy atom. The lowest BCUT2D eigenvalue weighted by Gasteiger charge is -2.29. The highest BCUT2D eigenvalue weighted by molar-refractivity contribution is 6.20. The largest absolute Gasteiger partial charge is 0.460 e. The van der Waals surface area contributed by atoms with Crippen molar-refractivity contribution < 1.29 is 28.8 Å². The number of nitrogens with zero attached hydrogens (tertiary/aromatic N) is 1. The summed E-state index contributed by atoms with van der Waals surface area (Å²) in [6.07, 6.45) is 2.15. The first-order chi connectivity index (χ1) is 12.7. The quantitative estimate of drug-likeness (QED) is 0.598. The monoisotopic (exact) mass is 373 g/mol. The topological polar surface area (TPSA) is 90.0 Å². The molecule has 27 heavy (non-hydrogen) atoms. The second-order valence-corrected chi connectivity index (χ2v) is 7.95. The van der Waals surface area contributed by atoms with Crippen molar-refractivity contribution in [1.82, 2.24) is 5.06 Å². The van der Waals surface area contributed by atoms with Gasteiger partial charge in [0.15, 0.2) is 0 Å². The van der Waals surface area contributed by atoms with E-state index in [4.69, 9.17) is 9.57 Å². The van der Waals surface area contributed by atoms with Crippen molar-refractivity contribution in [2.75, 3.05) is 0 Å². The van der Waals surface area contributed by atoms with Crippen molar-refractivity contribution >= 4 is 23.8 Å². The number of hydrogen-bond acceptors (Lipinski definition) is 6. The first kappa shape index (κ1) is 19.1. The Hall–Kier alpha value is -2.70. The Bertz CT molecular complexity index is 759. The minimum atomic E-state index is -0.669. The molecule has 1 aromatic carbocycles. The maximum atomic E-state index is 12.5. The lowest BCUT2D eigenvalue weighted by Crippen LogP contribution is -2.38. The van der Waals surface area contributed by atoms with Gasteiger partial charge in [0.05, 0.1) is 23.0 Å². The molecule has 0 unspecified atom stereocenters. The van der Waals surface area contributed by atoms with Gasteiger partial charge in [-0.15, -0.1) is 0 Å². The minimum absolute atomic E-state index is 0.213. The van der Waals surface area contributed by atoms with E-state index in [1.54, 1.807) is 32.9 Å². The van der Waals surface area contributed by atoms with Crippen LogP contribution >= 0.6 is 0 Å². The SMILES string of the molecule is CC(C)(C)OC(=O)[C@@H]1CCC[C@H](C(=O)ON2C(=O)c3ccccc3C2=O)C1. The second-order valence-electron chi connectivity index (χ2n) is 7.95. The summed E-state index contributed by atoms with van der Waals surface area (Å²) in [6.45, 7) is 5.38. The average molecular weight is 373 g/mol. The van der Waals surface area contributed by atoms with Gasteiger partial charge < -0.3 is 9.57 Å². The molecule has 0 spiro atoms. The average Bonchev–Trinajstić information content (AvgIpc) is 2.86. The molecule has 144 valence electrons. The van der Waals surface area contributed by atoms with Gasteiger partial charge in [0, 0.05) is 0 Å². The maximum absolute atomic E-state index is 12.5. The number of benzene rings is 1. The summed E-state index contributed by atoms with van der Waals surface area (Å²) >= 11 is 0. The van der Waals surface area contributed by atoms with Crippen molar-refractivity contribution in [2.45, 2.75) is 52.1 Å². The zero-order valence-electron chi connectivity index (χ0n) is 15.7. The number of amides is 2. The molecule has 1 aliphatic carbocycles. The standard InChI is InChI=1S/C20H23NO6/c1-20(2,3)26-18(24)12-7-6-8-13(11-12)19(25)27-21-16(22)14-9-4-5-10-15(14)17(21)23/h4-5,9-10,12-13H,6-8,11H2,1-3H3/t12-,13+/m1/s1. The number of ether oxygens (including phenoxy) is 1. The lowest BCUT2D eigenvalue weighted by molar-refractivity contribution is -0.177. The molecule has 0 aromatic heterocycles. The van der Waals surface area contributed by atoms with Crippen molar-refractivity contribution in [3.63, 3.8) is 0 Å². The third kappa shape index (κ3) is 4.02.